The van der Waals surface area contributed by atoms with E-state index >= 15 is 0 Å². The van der Waals surface area contributed by atoms with E-state index in [1.54, 1.807) is 18.2 Å². The third-order valence-corrected chi connectivity index (χ3v) is 2.26. The van der Waals surface area contributed by atoms with E-state index in [0.29, 0.717) is 6.42 Å². The first-order valence-electron chi connectivity index (χ1n) is 5.16. The van der Waals surface area contributed by atoms with Crippen molar-refractivity contribution in [1.29, 1.82) is 0 Å². The molecule has 1 aromatic rings. The minimum absolute atomic E-state index is 0. The Kier molecular flexibility index (Phi) is 6.61. The average Bonchev–Trinajstić information content (AvgIpc) is 2.22. The lowest BCUT2D eigenvalue weighted by Gasteiger charge is -2.09. The van der Waals surface area contributed by atoms with Crippen LogP contribution in [0, 0.1) is 0 Å². The molecular weight excluding hydrogens is 242 g/mol. The topological polar surface area (TPSA) is 72.5 Å². The first-order valence-corrected chi connectivity index (χ1v) is 5.16. The van der Waals surface area contributed by atoms with Crippen LogP contribution >= 0.6 is 12.4 Å². The van der Waals surface area contributed by atoms with Crippen LogP contribution in [0.5, 0.6) is 5.75 Å². The number of rotatable bonds is 4. The predicted octanol–water partition coefficient (Wildman–Crippen LogP) is 1.42. The molecular formula is C12H18ClNO3. The van der Waals surface area contributed by atoms with Gasteiger partial charge in [-0.2, -0.15) is 0 Å². The molecule has 5 heteroatoms. The van der Waals surface area contributed by atoms with Crippen molar-refractivity contribution in [3.05, 3.63) is 29.3 Å². The number of phenols is 1. The summed E-state index contributed by atoms with van der Waals surface area (Å²) in [4.78, 5) is 11.1. The van der Waals surface area contributed by atoms with Gasteiger partial charge in [-0.25, -0.2) is 0 Å². The van der Waals surface area contributed by atoms with E-state index in [1.165, 1.54) is 7.11 Å². The molecule has 0 aliphatic heterocycles. The lowest BCUT2D eigenvalue weighted by molar-refractivity contribution is -0.139. The van der Waals surface area contributed by atoms with Gasteiger partial charge in [-0.05, 0) is 30.5 Å². The van der Waals surface area contributed by atoms with Crippen LogP contribution in [0.15, 0.2) is 18.2 Å². The van der Waals surface area contributed by atoms with Crippen LogP contribution in [0.3, 0.4) is 0 Å². The van der Waals surface area contributed by atoms with E-state index in [4.69, 9.17) is 5.73 Å². The second kappa shape index (κ2) is 7.14. The first-order chi connectivity index (χ1) is 7.52. The van der Waals surface area contributed by atoms with Gasteiger partial charge in [-0.1, -0.05) is 12.1 Å². The highest BCUT2D eigenvalue weighted by Gasteiger charge is 2.08. The first kappa shape index (κ1) is 15.7. The number of carbonyl (C=O) groups excluding carboxylic acids is 1. The molecule has 0 heterocycles. The van der Waals surface area contributed by atoms with Gasteiger partial charge in [0.1, 0.15) is 5.75 Å². The zero-order valence-corrected chi connectivity index (χ0v) is 10.8. The van der Waals surface area contributed by atoms with Crippen LogP contribution in [0.25, 0.3) is 0 Å². The van der Waals surface area contributed by atoms with Gasteiger partial charge in [-0.15, -0.1) is 12.4 Å². The molecule has 0 amide bonds. The second-order valence-electron chi connectivity index (χ2n) is 3.90. The molecule has 0 fully saturated rings. The van der Waals surface area contributed by atoms with E-state index in [1.807, 2.05) is 6.92 Å². The fourth-order valence-electron chi connectivity index (χ4n) is 1.50. The maximum Gasteiger partial charge on any atom is 0.309 e. The van der Waals surface area contributed by atoms with Crippen LogP contribution in [0.2, 0.25) is 0 Å². The van der Waals surface area contributed by atoms with Gasteiger partial charge >= 0.3 is 5.97 Å². The van der Waals surface area contributed by atoms with Crippen molar-refractivity contribution in [1.82, 2.24) is 0 Å². The molecule has 0 radical (unpaired) electrons. The van der Waals surface area contributed by atoms with Crippen molar-refractivity contribution in [3.8, 4) is 5.75 Å². The molecule has 0 bridgehead atoms. The van der Waals surface area contributed by atoms with E-state index in [-0.39, 0.29) is 36.6 Å². The van der Waals surface area contributed by atoms with Crippen LogP contribution in [0.4, 0.5) is 0 Å². The van der Waals surface area contributed by atoms with Crippen molar-refractivity contribution < 1.29 is 14.6 Å². The summed E-state index contributed by atoms with van der Waals surface area (Å²) in [7, 11) is 1.35. The quantitative estimate of drug-likeness (QED) is 0.802. The highest BCUT2D eigenvalue weighted by molar-refractivity contribution is 5.85. The van der Waals surface area contributed by atoms with Crippen LogP contribution in [-0.2, 0) is 22.4 Å². The molecule has 0 spiro atoms. The summed E-state index contributed by atoms with van der Waals surface area (Å²) in [6.45, 7) is 1.87. The van der Waals surface area contributed by atoms with E-state index in [2.05, 4.69) is 4.74 Å². The molecule has 0 saturated carbocycles. The molecule has 17 heavy (non-hydrogen) atoms. The van der Waals surface area contributed by atoms with Gasteiger partial charge < -0.3 is 15.6 Å². The number of phenolic OH excluding ortho intramolecular Hbond substituents is 1. The predicted molar refractivity (Wildman–Crippen MR) is 68.4 cm³/mol. The van der Waals surface area contributed by atoms with Crippen molar-refractivity contribution in [2.45, 2.75) is 25.8 Å². The summed E-state index contributed by atoms with van der Waals surface area (Å²) in [6.07, 6.45) is 0.795. The summed E-state index contributed by atoms with van der Waals surface area (Å²) in [5.41, 5.74) is 7.25. The molecule has 0 saturated heterocycles. The standard InChI is InChI=1S/C12H17NO3.ClH/c1-8(13)5-10-6-9(3-4-11(10)14)7-12(15)16-2;/h3-4,6,8,14H,5,7,13H2,1-2H3;1H. The maximum atomic E-state index is 11.1. The molecule has 0 aliphatic carbocycles. The van der Waals surface area contributed by atoms with E-state index in [0.717, 1.165) is 11.1 Å². The van der Waals surface area contributed by atoms with Crippen LogP contribution < -0.4 is 5.73 Å². The van der Waals surface area contributed by atoms with Crippen molar-refractivity contribution in [2.75, 3.05) is 7.11 Å². The van der Waals surface area contributed by atoms with Crippen molar-refractivity contribution in [2.24, 2.45) is 5.73 Å². The number of methoxy groups -OCH3 is 1. The highest BCUT2D eigenvalue weighted by Crippen LogP contribution is 2.20. The van der Waals surface area contributed by atoms with Gasteiger partial charge in [0.25, 0.3) is 0 Å². The maximum absolute atomic E-state index is 11.1. The minimum Gasteiger partial charge on any atom is -0.508 e. The molecule has 1 atom stereocenters. The lowest BCUT2D eigenvalue weighted by atomic mass is 10.0. The molecule has 1 rings (SSSR count). The van der Waals surface area contributed by atoms with Gasteiger partial charge in [0, 0.05) is 6.04 Å². The molecule has 4 nitrogen and oxygen atoms in total. The van der Waals surface area contributed by atoms with Crippen LogP contribution in [-0.4, -0.2) is 24.2 Å². The Morgan fingerprint density at radius 3 is 2.71 bits per heavy atom. The van der Waals surface area contributed by atoms with E-state index < -0.39 is 0 Å². The number of halogens is 1. The number of carbonyl (C=O) groups is 1. The Hall–Kier alpha value is -1.26. The molecule has 0 aliphatic rings. The Morgan fingerprint density at radius 2 is 2.18 bits per heavy atom. The van der Waals surface area contributed by atoms with Gasteiger partial charge in [0.15, 0.2) is 0 Å². The molecule has 3 N–H and O–H groups in total. The summed E-state index contributed by atoms with van der Waals surface area (Å²) < 4.78 is 4.58. The van der Waals surface area contributed by atoms with Crippen molar-refractivity contribution in [3.63, 3.8) is 0 Å². The van der Waals surface area contributed by atoms with Crippen molar-refractivity contribution >= 4 is 18.4 Å². The minimum atomic E-state index is -0.294. The largest absolute Gasteiger partial charge is 0.508 e. The number of ether oxygens (including phenoxy) is 1. The summed E-state index contributed by atoms with van der Waals surface area (Å²) in [5, 5.41) is 9.60. The molecule has 0 aromatic heterocycles. The number of nitrogens with two attached hydrogens (primary N) is 1. The number of hydrogen-bond donors (Lipinski definition) is 2. The highest BCUT2D eigenvalue weighted by atomic mass is 35.5. The Labute approximate surface area is 107 Å². The number of hydrogen-bond acceptors (Lipinski definition) is 4. The Bertz CT molecular complexity index is 380. The fraction of sp³-hybridized carbons (Fsp3) is 0.417. The Balaban J connectivity index is 0.00000256. The van der Waals surface area contributed by atoms with Gasteiger partial charge in [0.05, 0.1) is 13.5 Å². The number of esters is 1. The SMILES string of the molecule is COC(=O)Cc1ccc(O)c(CC(C)N)c1.Cl. The number of benzene rings is 1. The second-order valence-corrected chi connectivity index (χ2v) is 3.90. The third kappa shape index (κ3) is 5.06. The molecule has 1 aromatic carbocycles. The van der Waals surface area contributed by atoms with Gasteiger partial charge in [-0.3, -0.25) is 4.79 Å². The molecule has 1 unspecified atom stereocenters. The average molecular weight is 260 g/mol. The lowest BCUT2D eigenvalue weighted by Crippen LogP contribution is -2.18. The molecule has 96 valence electrons. The van der Waals surface area contributed by atoms with Crippen LogP contribution in [0.1, 0.15) is 18.1 Å². The van der Waals surface area contributed by atoms with Gasteiger partial charge in [0.2, 0.25) is 0 Å². The monoisotopic (exact) mass is 259 g/mol. The van der Waals surface area contributed by atoms with E-state index in [9.17, 15) is 9.90 Å². The normalized spacial score (nSPS) is 11.5. The zero-order valence-electron chi connectivity index (χ0n) is 9.97. The zero-order chi connectivity index (χ0) is 12.1. The summed E-state index contributed by atoms with van der Waals surface area (Å²) in [6, 6.07) is 5.04. The smallest absolute Gasteiger partial charge is 0.309 e. The summed E-state index contributed by atoms with van der Waals surface area (Å²) in [5.74, 6) is -0.0802. The fourth-order valence-corrected chi connectivity index (χ4v) is 1.50. The summed E-state index contributed by atoms with van der Waals surface area (Å²) >= 11 is 0. The third-order valence-electron chi connectivity index (χ3n) is 2.26. The number of aromatic hydroxyl groups is 1. The Morgan fingerprint density at radius 1 is 1.53 bits per heavy atom.